The molecule has 5 aliphatic rings. The number of aromatic nitrogens is 2. The monoisotopic (exact) mass is 796 g/mol. The molecule has 294 valence electrons. The molecule has 2 aliphatic heterocycles. The third-order valence-corrected chi connectivity index (χ3v) is 14.2. The van der Waals surface area contributed by atoms with Crippen LogP contribution < -0.4 is 20.6 Å². The smallest absolute Gasteiger partial charge is 0.137 e. The summed E-state index contributed by atoms with van der Waals surface area (Å²) in [5.41, 5.74) is 15.2. The van der Waals surface area contributed by atoms with Crippen LogP contribution in [0.15, 0.2) is 175 Å². The van der Waals surface area contributed by atoms with Crippen molar-refractivity contribution < 1.29 is 4.74 Å². The third-order valence-electron chi connectivity index (χ3n) is 14.2. The number of para-hydroxylation sites is 6. The van der Waals surface area contributed by atoms with Crippen LogP contribution in [0.3, 0.4) is 0 Å². The molecule has 1 N–H and O–H groups in total. The molecule has 3 aliphatic carbocycles. The second kappa shape index (κ2) is 12.7. The first-order chi connectivity index (χ1) is 30.8. The average molecular weight is 797 g/mol. The molecular weight excluding hydrogens is 757 g/mol. The van der Waals surface area contributed by atoms with Gasteiger partial charge in [0.2, 0.25) is 0 Å². The quantitative estimate of drug-likeness (QED) is 0.189. The minimum absolute atomic E-state index is 0.112. The van der Waals surface area contributed by atoms with E-state index < -0.39 is 5.41 Å². The molecule has 5 heteroatoms. The zero-order valence-electron chi connectivity index (χ0n) is 33.9. The van der Waals surface area contributed by atoms with Crippen LogP contribution in [0, 0.1) is 5.92 Å². The van der Waals surface area contributed by atoms with Crippen molar-refractivity contribution in [1.29, 1.82) is 0 Å². The van der Waals surface area contributed by atoms with Crippen LogP contribution in [0.5, 0.6) is 11.5 Å². The summed E-state index contributed by atoms with van der Waals surface area (Å²) in [7, 11) is 0. The average Bonchev–Trinajstić information content (AvgIpc) is 3.94. The Morgan fingerprint density at radius 2 is 1.35 bits per heavy atom. The summed E-state index contributed by atoms with van der Waals surface area (Å²) in [5, 5.41) is 9.23. The summed E-state index contributed by atoms with van der Waals surface area (Å²) in [6.07, 6.45) is 12.6. The summed E-state index contributed by atoms with van der Waals surface area (Å²) >= 11 is 0. The van der Waals surface area contributed by atoms with Gasteiger partial charge in [-0.2, -0.15) is 0 Å². The molecule has 0 saturated heterocycles. The van der Waals surface area contributed by atoms with Gasteiger partial charge in [-0.05, 0) is 108 Å². The minimum Gasteiger partial charge on any atom is -0.457 e. The molecule has 9 aromatic rings. The fraction of sp³-hybridized carbons (Fsp3) is 0.105. The predicted molar refractivity (Wildman–Crippen MR) is 253 cm³/mol. The van der Waals surface area contributed by atoms with E-state index in [1.807, 2.05) is 0 Å². The van der Waals surface area contributed by atoms with E-state index in [0.717, 1.165) is 48.0 Å². The molecule has 0 amide bonds. The Labute approximate surface area is 358 Å². The Morgan fingerprint density at radius 3 is 2.21 bits per heavy atom. The van der Waals surface area contributed by atoms with Crippen molar-refractivity contribution in [3.8, 4) is 28.3 Å². The van der Waals surface area contributed by atoms with Gasteiger partial charge in [0.05, 0.1) is 44.9 Å². The standard InChI is InChI=1S/C57H40N4O/c1-2-16-36(17-3-1)60-49-26-12-5-19-38(49)40-31-30-35(32-51(40)60)55-56(59-48-25-11-10-24-47(48)58-55)61-50-27-13-6-20-39(50)42-33-41-37-18-4-7-21-43(37)57(46(41)34-52(42)61)44-22-8-14-28-53(44)62-54-29-15-9-23-45(54)57/h1-5,7-19,21-29,31-35,55,58H,6,20,30H2. The van der Waals surface area contributed by atoms with Crippen LogP contribution in [0.2, 0.25) is 0 Å². The lowest BCUT2D eigenvalue weighted by Crippen LogP contribution is -2.45. The van der Waals surface area contributed by atoms with Gasteiger partial charge in [0.1, 0.15) is 17.3 Å². The van der Waals surface area contributed by atoms with E-state index in [0.29, 0.717) is 0 Å². The van der Waals surface area contributed by atoms with Crippen molar-refractivity contribution in [2.24, 2.45) is 10.9 Å². The van der Waals surface area contributed by atoms with Gasteiger partial charge in [0, 0.05) is 38.7 Å². The van der Waals surface area contributed by atoms with Crippen molar-refractivity contribution in [2.75, 3.05) is 5.32 Å². The molecule has 14 rings (SSSR count). The lowest BCUT2D eigenvalue weighted by Gasteiger charge is -2.39. The number of aliphatic imine (C=N–C) groups is 1. The Balaban J connectivity index is 1.05. The van der Waals surface area contributed by atoms with E-state index in [1.165, 1.54) is 82.7 Å². The molecular formula is C57H40N4O. The summed E-state index contributed by atoms with van der Waals surface area (Å²) in [6, 6.07) is 59.4. The van der Waals surface area contributed by atoms with Crippen molar-refractivity contribution in [2.45, 2.75) is 30.7 Å². The van der Waals surface area contributed by atoms with Gasteiger partial charge in [-0.15, -0.1) is 0 Å². The van der Waals surface area contributed by atoms with Gasteiger partial charge in [-0.1, -0.05) is 127 Å². The molecule has 2 unspecified atom stereocenters. The zero-order chi connectivity index (χ0) is 40.5. The zero-order valence-corrected chi connectivity index (χ0v) is 33.9. The first-order valence-corrected chi connectivity index (χ1v) is 21.9. The Kier molecular flexibility index (Phi) is 6.99. The van der Waals surface area contributed by atoms with Crippen LogP contribution in [0.4, 0.5) is 11.4 Å². The summed E-state index contributed by atoms with van der Waals surface area (Å²) in [5.74, 6) is 2.95. The molecule has 0 radical (unpaired) electrons. The summed E-state index contributed by atoms with van der Waals surface area (Å²) in [4.78, 5) is 5.71. The largest absolute Gasteiger partial charge is 0.457 e. The van der Waals surface area contributed by atoms with Gasteiger partial charge < -0.3 is 14.6 Å². The highest BCUT2D eigenvalue weighted by Gasteiger charge is 2.51. The fourth-order valence-electron chi connectivity index (χ4n) is 11.7. The second-order valence-electron chi connectivity index (χ2n) is 17.3. The molecule has 0 bridgehead atoms. The van der Waals surface area contributed by atoms with Crippen molar-refractivity contribution in [3.63, 3.8) is 0 Å². The van der Waals surface area contributed by atoms with E-state index >= 15 is 0 Å². The van der Waals surface area contributed by atoms with Gasteiger partial charge >= 0.3 is 0 Å². The Morgan fingerprint density at radius 1 is 0.629 bits per heavy atom. The van der Waals surface area contributed by atoms with Crippen LogP contribution >= 0.6 is 0 Å². The van der Waals surface area contributed by atoms with Crippen LogP contribution in [0.1, 0.15) is 46.4 Å². The number of hydrogen-bond donors (Lipinski definition) is 1. The molecule has 7 aromatic carbocycles. The minimum atomic E-state index is -0.566. The number of fused-ring (bicyclic) bond motifs is 16. The normalized spacial score (nSPS) is 18.2. The van der Waals surface area contributed by atoms with Crippen LogP contribution in [0.25, 0.3) is 56.8 Å². The first-order valence-electron chi connectivity index (χ1n) is 21.9. The van der Waals surface area contributed by atoms with Crippen molar-refractivity contribution in [1.82, 2.24) is 9.13 Å². The SMILES string of the molecule is C1=Cc2c(c3cc4c(cc3n2C2=Nc3ccccc3NC2C2C=c3c(c5ccccc5n3-c3ccccc3)=CC2)C2(c3ccccc3Oc3ccccc32)c2ccccc2-4)CC1. The van der Waals surface area contributed by atoms with Gasteiger partial charge in [0.25, 0.3) is 0 Å². The van der Waals surface area contributed by atoms with E-state index in [-0.39, 0.29) is 12.0 Å². The van der Waals surface area contributed by atoms with Gasteiger partial charge in [-0.25, -0.2) is 4.99 Å². The van der Waals surface area contributed by atoms with Crippen molar-refractivity contribution in [3.05, 3.63) is 214 Å². The number of nitrogens with zero attached hydrogens (tertiary/aromatic N) is 3. The van der Waals surface area contributed by atoms with Gasteiger partial charge in [-0.3, -0.25) is 4.57 Å². The fourth-order valence-corrected chi connectivity index (χ4v) is 11.7. The summed E-state index contributed by atoms with van der Waals surface area (Å²) in [6.45, 7) is 0. The first kappa shape index (κ1) is 34.1. The molecule has 5 nitrogen and oxygen atoms in total. The maximum absolute atomic E-state index is 6.71. The number of hydrogen-bond acceptors (Lipinski definition) is 3. The number of benzene rings is 7. The lowest BCUT2D eigenvalue weighted by molar-refractivity contribution is 0.436. The molecule has 2 aromatic heterocycles. The highest BCUT2D eigenvalue weighted by Crippen LogP contribution is 2.62. The lowest BCUT2D eigenvalue weighted by atomic mass is 9.66. The molecule has 0 fully saturated rings. The van der Waals surface area contributed by atoms with Crippen molar-refractivity contribution >= 4 is 57.2 Å². The number of nitrogens with one attached hydrogen (secondary N) is 1. The third kappa shape index (κ3) is 4.49. The number of aryl methyl sites for hydroxylation is 1. The van der Waals surface area contributed by atoms with E-state index in [4.69, 9.17) is 9.73 Å². The van der Waals surface area contributed by atoms with E-state index in [1.54, 1.807) is 0 Å². The number of anilines is 1. The Hall–Kier alpha value is -7.63. The maximum Gasteiger partial charge on any atom is 0.137 e. The molecule has 2 atom stereocenters. The number of ether oxygens (including phenoxy) is 1. The highest BCUT2D eigenvalue weighted by atomic mass is 16.5. The number of allylic oxidation sites excluding steroid dienone is 1. The van der Waals surface area contributed by atoms with E-state index in [9.17, 15) is 0 Å². The second-order valence-corrected chi connectivity index (χ2v) is 17.3. The highest BCUT2D eigenvalue weighted by molar-refractivity contribution is 6.09. The molecule has 4 heterocycles. The maximum atomic E-state index is 6.71. The summed E-state index contributed by atoms with van der Waals surface area (Å²) < 4.78 is 11.7. The predicted octanol–water partition coefficient (Wildman–Crippen LogP) is 11.7. The number of rotatable bonds is 2. The molecule has 62 heavy (non-hydrogen) atoms. The Bertz CT molecular complexity index is 3540. The molecule has 1 spiro atoms. The van der Waals surface area contributed by atoms with E-state index in [2.05, 4.69) is 203 Å². The van der Waals surface area contributed by atoms with Crippen LogP contribution in [-0.4, -0.2) is 21.0 Å². The van der Waals surface area contributed by atoms with Gasteiger partial charge in [0.15, 0.2) is 0 Å². The molecule has 0 saturated carbocycles. The topological polar surface area (TPSA) is 43.5 Å². The van der Waals surface area contributed by atoms with Crippen LogP contribution in [-0.2, 0) is 11.8 Å².